The summed E-state index contributed by atoms with van der Waals surface area (Å²) in [7, 11) is 0. The van der Waals surface area contributed by atoms with Gasteiger partial charge >= 0.3 is 12.1 Å². The molecular formula is C29H39F3O4. The van der Waals surface area contributed by atoms with E-state index in [1.54, 1.807) is 12.1 Å². The van der Waals surface area contributed by atoms with E-state index in [2.05, 4.69) is 6.92 Å². The van der Waals surface area contributed by atoms with Crippen LogP contribution >= 0.6 is 0 Å². The molecule has 0 aromatic heterocycles. The fourth-order valence-electron chi connectivity index (χ4n) is 3.73. The van der Waals surface area contributed by atoms with Crippen molar-refractivity contribution in [1.29, 1.82) is 0 Å². The van der Waals surface area contributed by atoms with Gasteiger partial charge in [-0.3, -0.25) is 0 Å². The summed E-state index contributed by atoms with van der Waals surface area (Å²) in [4.78, 5) is 12.1. The van der Waals surface area contributed by atoms with Crippen LogP contribution in [-0.2, 0) is 9.53 Å². The lowest BCUT2D eigenvalue weighted by atomic mass is 10.1. The van der Waals surface area contributed by atoms with E-state index in [4.69, 9.17) is 14.2 Å². The highest BCUT2D eigenvalue weighted by Crippen LogP contribution is 2.28. The summed E-state index contributed by atoms with van der Waals surface area (Å²) in [5.74, 6) is -0.633. The number of alkyl halides is 3. The van der Waals surface area contributed by atoms with Gasteiger partial charge in [0.15, 0.2) is 0 Å². The summed E-state index contributed by atoms with van der Waals surface area (Å²) >= 11 is 0. The molecule has 0 heterocycles. The molecule has 0 saturated heterocycles. The van der Waals surface area contributed by atoms with E-state index >= 15 is 0 Å². The Labute approximate surface area is 213 Å². The van der Waals surface area contributed by atoms with Crippen LogP contribution in [0.2, 0.25) is 0 Å². The SMILES string of the molecule is CCCCCCCCCOc1ccc(-c2ccc(OC(=O)C(OCCCCC)C(F)(F)F)cc2)cc1. The molecule has 0 N–H and O–H groups in total. The number of halogens is 3. The summed E-state index contributed by atoms with van der Waals surface area (Å²) in [6.07, 6.45) is 3.21. The molecule has 0 aliphatic rings. The maximum Gasteiger partial charge on any atom is 0.425 e. The average Bonchev–Trinajstić information content (AvgIpc) is 2.85. The van der Waals surface area contributed by atoms with Gasteiger partial charge in [-0.1, -0.05) is 89.5 Å². The number of rotatable bonds is 17. The van der Waals surface area contributed by atoms with Gasteiger partial charge in [0.1, 0.15) is 11.5 Å². The second-order valence-corrected chi connectivity index (χ2v) is 8.94. The van der Waals surface area contributed by atoms with Gasteiger partial charge in [-0.15, -0.1) is 0 Å². The molecule has 0 radical (unpaired) electrons. The molecule has 0 saturated carbocycles. The number of carbonyl (C=O) groups excluding carboxylic acids is 1. The lowest BCUT2D eigenvalue weighted by Gasteiger charge is -2.19. The normalized spacial score (nSPS) is 12.4. The first-order valence-electron chi connectivity index (χ1n) is 13.1. The fraction of sp³-hybridized carbons (Fsp3) is 0.552. The monoisotopic (exact) mass is 508 g/mol. The Kier molecular flexibility index (Phi) is 13.4. The minimum absolute atomic E-state index is 0.0322. The van der Waals surface area contributed by atoms with Crippen LogP contribution in [0.1, 0.15) is 78.1 Å². The van der Waals surface area contributed by atoms with Crippen LogP contribution in [0, 0.1) is 0 Å². The standard InChI is InChI=1S/C29H39F3O4/c1-3-5-7-8-9-10-12-21-34-25-17-13-23(14-18-25)24-15-19-26(20-16-24)36-28(33)27(29(30,31)32)35-22-11-6-4-2/h13-20,27H,3-12,21-22H2,1-2H3. The van der Waals surface area contributed by atoms with Crippen molar-refractivity contribution in [3.8, 4) is 22.6 Å². The third kappa shape index (κ3) is 11.0. The predicted molar refractivity (Wildman–Crippen MR) is 136 cm³/mol. The van der Waals surface area contributed by atoms with Crippen molar-refractivity contribution in [3.05, 3.63) is 48.5 Å². The number of carbonyl (C=O) groups is 1. The molecule has 36 heavy (non-hydrogen) atoms. The van der Waals surface area contributed by atoms with Crippen LogP contribution in [0.3, 0.4) is 0 Å². The molecular weight excluding hydrogens is 469 g/mol. The number of esters is 1. The average molecular weight is 509 g/mol. The van der Waals surface area contributed by atoms with Crippen molar-refractivity contribution < 1.29 is 32.2 Å². The lowest BCUT2D eigenvalue weighted by molar-refractivity contribution is -0.225. The Morgan fingerprint density at radius 1 is 0.694 bits per heavy atom. The van der Waals surface area contributed by atoms with Crippen molar-refractivity contribution in [3.63, 3.8) is 0 Å². The first-order valence-corrected chi connectivity index (χ1v) is 13.1. The van der Waals surface area contributed by atoms with Gasteiger partial charge in [-0.2, -0.15) is 13.2 Å². The summed E-state index contributed by atoms with van der Waals surface area (Å²) in [6, 6.07) is 14.0. The van der Waals surface area contributed by atoms with Crippen molar-refractivity contribution in [2.75, 3.05) is 13.2 Å². The van der Waals surface area contributed by atoms with Crippen LogP contribution in [-0.4, -0.2) is 31.5 Å². The first-order chi connectivity index (χ1) is 17.3. The highest BCUT2D eigenvalue weighted by atomic mass is 19.4. The Balaban J connectivity index is 1.83. The highest BCUT2D eigenvalue weighted by Gasteiger charge is 2.47. The quantitative estimate of drug-likeness (QED) is 0.122. The molecule has 0 aliphatic heterocycles. The fourth-order valence-corrected chi connectivity index (χ4v) is 3.73. The number of ether oxygens (including phenoxy) is 3. The molecule has 1 atom stereocenters. The van der Waals surface area contributed by atoms with Gasteiger partial charge in [0.25, 0.3) is 6.10 Å². The molecule has 200 valence electrons. The van der Waals surface area contributed by atoms with Crippen LogP contribution in [0.5, 0.6) is 11.5 Å². The minimum Gasteiger partial charge on any atom is -0.494 e. The van der Waals surface area contributed by atoms with E-state index in [1.807, 2.05) is 31.2 Å². The zero-order valence-corrected chi connectivity index (χ0v) is 21.4. The molecule has 0 aliphatic carbocycles. The summed E-state index contributed by atoms with van der Waals surface area (Å²) < 4.78 is 55.3. The zero-order chi connectivity index (χ0) is 26.2. The summed E-state index contributed by atoms with van der Waals surface area (Å²) in [5.41, 5.74) is 1.76. The van der Waals surface area contributed by atoms with E-state index < -0.39 is 18.2 Å². The van der Waals surface area contributed by atoms with Gasteiger partial charge < -0.3 is 14.2 Å². The van der Waals surface area contributed by atoms with E-state index in [9.17, 15) is 18.0 Å². The second kappa shape index (κ2) is 16.3. The summed E-state index contributed by atoms with van der Waals surface area (Å²) in [5, 5.41) is 0. The Bertz CT molecular complexity index is 864. The minimum atomic E-state index is -4.83. The lowest BCUT2D eigenvalue weighted by Crippen LogP contribution is -2.42. The van der Waals surface area contributed by atoms with E-state index in [-0.39, 0.29) is 12.4 Å². The summed E-state index contributed by atoms with van der Waals surface area (Å²) in [6.45, 7) is 4.69. The maximum atomic E-state index is 13.2. The Morgan fingerprint density at radius 2 is 1.17 bits per heavy atom. The molecule has 2 aromatic rings. The molecule has 0 bridgehead atoms. The first kappa shape index (κ1) is 29.7. The number of hydrogen-bond donors (Lipinski definition) is 0. The third-order valence-corrected chi connectivity index (χ3v) is 5.82. The Hall–Kier alpha value is -2.54. The molecule has 0 amide bonds. The largest absolute Gasteiger partial charge is 0.494 e. The topological polar surface area (TPSA) is 44.8 Å². The van der Waals surface area contributed by atoms with E-state index in [0.717, 1.165) is 36.1 Å². The van der Waals surface area contributed by atoms with Gasteiger partial charge in [0.05, 0.1) is 6.61 Å². The van der Waals surface area contributed by atoms with Crippen molar-refractivity contribution in [2.45, 2.75) is 90.3 Å². The second-order valence-electron chi connectivity index (χ2n) is 8.94. The third-order valence-electron chi connectivity index (χ3n) is 5.82. The smallest absolute Gasteiger partial charge is 0.425 e. The number of unbranched alkanes of at least 4 members (excludes halogenated alkanes) is 8. The van der Waals surface area contributed by atoms with Crippen LogP contribution < -0.4 is 9.47 Å². The maximum absolute atomic E-state index is 13.2. The van der Waals surface area contributed by atoms with Crippen LogP contribution in [0.15, 0.2) is 48.5 Å². The van der Waals surface area contributed by atoms with Crippen LogP contribution in [0.25, 0.3) is 11.1 Å². The van der Waals surface area contributed by atoms with Gasteiger partial charge in [0, 0.05) is 6.61 Å². The predicted octanol–water partition coefficient (Wildman–Crippen LogP) is 8.53. The van der Waals surface area contributed by atoms with E-state index in [0.29, 0.717) is 13.0 Å². The molecule has 0 spiro atoms. The van der Waals surface area contributed by atoms with Crippen molar-refractivity contribution in [1.82, 2.24) is 0 Å². The van der Waals surface area contributed by atoms with Crippen LogP contribution in [0.4, 0.5) is 13.2 Å². The molecule has 0 fully saturated rings. The molecule has 2 aromatic carbocycles. The highest BCUT2D eigenvalue weighted by molar-refractivity contribution is 5.78. The molecule has 1 unspecified atom stereocenters. The van der Waals surface area contributed by atoms with Gasteiger partial charge in [-0.25, -0.2) is 4.79 Å². The van der Waals surface area contributed by atoms with Crippen molar-refractivity contribution in [2.24, 2.45) is 0 Å². The Morgan fingerprint density at radius 3 is 1.72 bits per heavy atom. The zero-order valence-electron chi connectivity index (χ0n) is 21.4. The molecule has 2 rings (SSSR count). The number of hydrogen-bond acceptors (Lipinski definition) is 4. The molecule has 4 nitrogen and oxygen atoms in total. The van der Waals surface area contributed by atoms with Crippen molar-refractivity contribution >= 4 is 5.97 Å². The van der Waals surface area contributed by atoms with E-state index in [1.165, 1.54) is 50.7 Å². The van der Waals surface area contributed by atoms with Gasteiger partial charge in [0.2, 0.25) is 0 Å². The number of benzene rings is 2. The van der Waals surface area contributed by atoms with Gasteiger partial charge in [-0.05, 0) is 48.2 Å². The molecule has 7 heteroatoms.